The second kappa shape index (κ2) is 12.4. The standard InChI is InChI=1S/C47H34F2N2O/c1-29-6-4-8-39(22-29)50(37-17-12-35(48)13-18-37)41-16-10-32-25-43-44-26-33-11-21-45(31(3)42(33)28-47(44)52-46(43)27-34(32)24-41)51(38-19-14-36(49)15-20-38)40-9-5-7-30(2)23-40/h4-28H,1-3H3. The number of fused-ring (bicyclic) bond motifs is 5. The Bertz CT molecular complexity index is 2800. The fourth-order valence-electron chi connectivity index (χ4n) is 7.43. The zero-order valence-corrected chi connectivity index (χ0v) is 29.0. The van der Waals surface area contributed by atoms with Crippen molar-refractivity contribution in [2.24, 2.45) is 0 Å². The van der Waals surface area contributed by atoms with E-state index in [2.05, 4.69) is 122 Å². The number of hydrogen-bond acceptors (Lipinski definition) is 3. The molecule has 0 fully saturated rings. The van der Waals surface area contributed by atoms with Crippen LogP contribution in [0.5, 0.6) is 0 Å². The van der Waals surface area contributed by atoms with Gasteiger partial charge in [0.15, 0.2) is 0 Å². The summed E-state index contributed by atoms with van der Waals surface area (Å²) in [4.78, 5) is 4.33. The summed E-state index contributed by atoms with van der Waals surface area (Å²) in [5.74, 6) is -0.537. The average molecular weight is 681 g/mol. The van der Waals surface area contributed by atoms with E-state index in [-0.39, 0.29) is 11.6 Å². The van der Waals surface area contributed by atoms with Gasteiger partial charge in [0.25, 0.3) is 0 Å². The van der Waals surface area contributed by atoms with E-state index in [1.165, 1.54) is 24.3 Å². The van der Waals surface area contributed by atoms with Crippen LogP contribution in [0.3, 0.4) is 0 Å². The monoisotopic (exact) mass is 680 g/mol. The molecule has 0 radical (unpaired) electrons. The lowest BCUT2D eigenvalue weighted by atomic mass is 9.99. The SMILES string of the molecule is Cc1cccc(N(c2ccc(F)cc2)c2ccc3cc4c(cc3c2)oc2cc3c(C)c(N(c5ccc(F)cc5)c5cccc(C)c5)ccc3cc24)c1. The van der Waals surface area contributed by atoms with E-state index >= 15 is 0 Å². The second-order valence-electron chi connectivity index (χ2n) is 13.6. The lowest BCUT2D eigenvalue weighted by molar-refractivity contribution is 0.627. The van der Waals surface area contributed by atoms with Crippen molar-refractivity contribution in [3.8, 4) is 0 Å². The number of hydrogen-bond donors (Lipinski definition) is 0. The maximum Gasteiger partial charge on any atom is 0.136 e. The Morgan fingerprint density at radius 1 is 0.404 bits per heavy atom. The highest BCUT2D eigenvalue weighted by Gasteiger charge is 2.19. The molecule has 1 aromatic heterocycles. The van der Waals surface area contributed by atoms with Crippen molar-refractivity contribution in [3.63, 3.8) is 0 Å². The molecule has 0 aliphatic rings. The number of furan rings is 1. The molecule has 5 heteroatoms. The maximum absolute atomic E-state index is 14.0. The van der Waals surface area contributed by atoms with Gasteiger partial charge in [-0.25, -0.2) is 8.78 Å². The second-order valence-corrected chi connectivity index (χ2v) is 13.6. The number of aryl methyl sites for hydroxylation is 3. The number of rotatable bonds is 6. The van der Waals surface area contributed by atoms with Gasteiger partial charge in [-0.1, -0.05) is 36.4 Å². The molecule has 0 saturated heterocycles. The van der Waals surface area contributed by atoms with Gasteiger partial charge in [-0.3, -0.25) is 0 Å². The molecular formula is C47H34F2N2O. The summed E-state index contributed by atoms with van der Waals surface area (Å²) in [6, 6.07) is 49.3. The largest absolute Gasteiger partial charge is 0.456 e. The summed E-state index contributed by atoms with van der Waals surface area (Å²) in [5.41, 5.74) is 10.7. The van der Waals surface area contributed by atoms with Crippen molar-refractivity contribution in [1.29, 1.82) is 0 Å². The van der Waals surface area contributed by atoms with E-state index < -0.39 is 0 Å². The van der Waals surface area contributed by atoms with E-state index in [9.17, 15) is 8.78 Å². The predicted octanol–water partition coefficient (Wildman–Crippen LogP) is 14.0. The third-order valence-corrected chi connectivity index (χ3v) is 9.98. The Morgan fingerprint density at radius 2 is 0.923 bits per heavy atom. The first-order chi connectivity index (χ1) is 25.3. The number of anilines is 6. The van der Waals surface area contributed by atoms with Crippen LogP contribution in [-0.4, -0.2) is 0 Å². The molecule has 0 saturated carbocycles. The first kappa shape index (κ1) is 31.5. The van der Waals surface area contributed by atoms with Gasteiger partial charge >= 0.3 is 0 Å². The minimum atomic E-state index is -0.269. The van der Waals surface area contributed by atoms with Crippen molar-refractivity contribution in [2.45, 2.75) is 20.8 Å². The van der Waals surface area contributed by atoms with Crippen LogP contribution in [0.15, 0.2) is 156 Å². The van der Waals surface area contributed by atoms with Crippen molar-refractivity contribution in [2.75, 3.05) is 9.80 Å². The van der Waals surface area contributed by atoms with Gasteiger partial charge in [0.1, 0.15) is 22.8 Å². The summed E-state index contributed by atoms with van der Waals surface area (Å²) in [6.07, 6.45) is 0. The van der Waals surface area contributed by atoms with Gasteiger partial charge in [-0.05, 0) is 174 Å². The van der Waals surface area contributed by atoms with E-state index in [1.54, 1.807) is 0 Å². The molecule has 0 atom stereocenters. The van der Waals surface area contributed by atoms with Crippen LogP contribution < -0.4 is 9.80 Å². The number of nitrogens with zero attached hydrogens (tertiary/aromatic N) is 2. The molecule has 0 spiro atoms. The van der Waals surface area contributed by atoms with Gasteiger partial charge < -0.3 is 14.2 Å². The molecule has 3 nitrogen and oxygen atoms in total. The molecule has 0 bridgehead atoms. The Labute approximate surface area is 300 Å². The van der Waals surface area contributed by atoms with Crippen molar-refractivity contribution in [3.05, 3.63) is 180 Å². The van der Waals surface area contributed by atoms with Crippen LogP contribution in [0.2, 0.25) is 0 Å². The molecule has 0 aliphatic heterocycles. The van der Waals surface area contributed by atoms with Crippen LogP contribution in [0.1, 0.15) is 16.7 Å². The molecule has 9 aromatic rings. The van der Waals surface area contributed by atoms with Crippen molar-refractivity contribution in [1.82, 2.24) is 0 Å². The Kier molecular flexibility index (Phi) is 7.51. The summed E-state index contributed by atoms with van der Waals surface area (Å²) < 4.78 is 34.6. The fraction of sp³-hybridized carbons (Fsp3) is 0.0638. The first-order valence-electron chi connectivity index (χ1n) is 17.4. The zero-order valence-electron chi connectivity index (χ0n) is 29.0. The van der Waals surface area contributed by atoms with Gasteiger partial charge in [0.2, 0.25) is 0 Å². The normalized spacial score (nSPS) is 11.6. The number of halogens is 2. The topological polar surface area (TPSA) is 19.6 Å². The molecule has 0 unspecified atom stereocenters. The van der Waals surface area contributed by atoms with Gasteiger partial charge in [-0.2, -0.15) is 0 Å². The summed E-state index contributed by atoms with van der Waals surface area (Å²) in [7, 11) is 0. The van der Waals surface area contributed by atoms with E-state index in [0.29, 0.717) is 0 Å². The highest BCUT2D eigenvalue weighted by atomic mass is 19.1. The van der Waals surface area contributed by atoms with E-state index in [0.717, 1.165) is 94.3 Å². The Balaban J connectivity index is 1.17. The molecule has 0 amide bonds. The quantitative estimate of drug-likeness (QED) is 0.174. The highest BCUT2D eigenvalue weighted by Crippen LogP contribution is 2.43. The van der Waals surface area contributed by atoms with Crippen molar-refractivity contribution < 1.29 is 13.2 Å². The molecule has 0 N–H and O–H groups in total. The number of benzene rings is 8. The van der Waals surface area contributed by atoms with Gasteiger partial charge in [-0.15, -0.1) is 0 Å². The van der Waals surface area contributed by atoms with Gasteiger partial charge in [0, 0.05) is 44.9 Å². The van der Waals surface area contributed by atoms with Crippen molar-refractivity contribution >= 4 is 77.6 Å². The molecular weight excluding hydrogens is 647 g/mol. The van der Waals surface area contributed by atoms with Crippen LogP contribution in [0.25, 0.3) is 43.5 Å². The molecule has 52 heavy (non-hydrogen) atoms. The Hall–Kier alpha value is -6.46. The lowest BCUT2D eigenvalue weighted by Gasteiger charge is -2.28. The van der Waals surface area contributed by atoms with Crippen LogP contribution in [-0.2, 0) is 0 Å². The smallest absolute Gasteiger partial charge is 0.136 e. The third-order valence-electron chi connectivity index (χ3n) is 9.98. The third kappa shape index (κ3) is 5.51. The lowest BCUT2D eigenvalue weighted by Crippen LogP contribution is -2.11. The minimum Gasteiger partial charge on any atom is -0.456 e. The minimum absolute atomic E-state index is 0.268. The van der Waals surface area contributed by atoms with Crippen LogP contribution in [0.4, 0.5) is 42.9 Å². The average Bonchev–Trinajstić information content (AvgIpc) is 3.49. The predicted molar refractivity (Wildman–Crippen MR) is 212 cm³/mol. The molecule has 252 valence electrons. The van der Waals surface area contributed by atoms with Crippen LogP contribution in [0, 0.1) is 32.4 Å². The van der Waals surface area contributed by atoms with Crippen LogP contribution >= 0.6 is 0 Å². The van der Waals surface area contributed by atoms with E-state index in [1.807, 2.05) is 36.4 Å². The zero-order chi connectivity index (χ0) is 35.5. The highest BCUT2D eigenvalue weighted by molar-refractivity contribution is 6.14. The summed E-state index contributed by atoms with van der Waals surface area (Å²) in [6.45, 7) is 6.28. The van der Waals surface area contributed by atoms with Gasteiger partial charge in [0.05, 0.1) is 0 Å². The van der Waals surface area contributed by atoms with E-state index in [4.69, 9.17) is 4.42 Å². The first-order valence-corrected chi connectivity index (χ1v) is 17.4. The summed E-state index contributed by atoms with van der Waals surface area (Å²) in [5, 5.41) is 6.46. The Morgan fingerprint density at radius 3 is 1.56 bits per heavy atom. The molecule has 8 aromatic carbocycles. The fourth-order valence-corrected chi connectivity index (χ4v) is 7.43. The molecule has 1 heterocycles. The summed E-state index contributed by atoms with van der Waals surface area (Å²) >= 11 is 0. The molecule has 0 aliphatic carbocycles. The molecule has 9 rings (SSSR count). The maximum atomic E-state index is 14.0.